The summed E-state index contributed by atoms with van der Waals surface area (Å²) >= 11 is 0. The maximum absolute atomic E-state index is 13.0. The summed E-state index contributed by atoms with van der Waals surface area (Å²) in [4.78, 5) is 30.0. The molecule has 0 bridgehead atoms. The molecule has 24 heavy (non-hydrogen) atoms. The molecular formula is C16H22N6O2. The van der Waals surface area contributed by atoms with Crippen molar-refractivity contribution in [1.29, 1.82) is 0 Å². The summed E-state index contributed by atoms with van der Waals surface area (Å²) in [6.07, 6.45) is 2.44. The molecule has 1 aliphatic heterocycles. The molecule has 0 saturated heterocycles. The maximum atomic E-state index is 13.0. The minimum Gasteiger partial charge on any atom is -0.294 e. The smallest absolute Gasteiger partial charge is 0.294 e. The van der Waals surface area contributed by atoms with Crippen LogP contribution >= 0.6 is 0 Å². The second-order valence-electron chi connectivity index (χ2n) is 6.04. The van der Waals surface area contributed by atoms with Crippen LogP contribution in [0.4, 0.5) is 5.95 Å². The largest absolute Gasteiger partial charge is 0.332 e. The molecule has 2 aromatic rings. The van der Waals surface area contributed by atoms with Gasteiger partial charge in [0.05, 0.1) is 18.3 Å². The van der Waals surface area contributed by atoms with E-state index >= 15 is 0 Å². The van der Waals surface area contributed by atoms with E-state index in [1.807, 2.05) is 25.3 Å². The molecule has 3 heterocycles. The Kier molecular flexibility index (Phi) is 3.90. The second kappa shape index (κ2) is 5.77. The number of rotatable bonds is 4. The molecule has 2 aromatic heterocycles. The molecule has 0 N–H and O–H groups in total. The highest BCUT2D eigenvalue weighted by Crippen LogP contribution is 2.29. The van der Waals surface area contributed by atoms with Crippen molar-refractivity contribution in [3.63, 3.8) is 0 Å². The van der Waals surface area contributed by atoms with Crippen molar-refractivity contribution in [2.75, 3.05) is 11.6 Å². The van der Waals surface area contributed by atoms with Crippen LogP contribution in [0.3, 0.4) is 0 Å². The van der Waals surface area contributed by atoms with Gasteiger partial charge in [0.25, 0.3) is 5.56 Å². The molecule has 3 rings (SSSR count). The summed E-state index contributed by atoms with van der Waals surface area (Å²) in [6.45, 7) is 10.4. The Hall–Kier alpha value is -2.64. The van der Waals surface area contributed by atoms with Crippen LogP contribution in [0.25, 0.3) is 11.2 Å². The zero-order chi connectivity index (χ0) is 17.6. The topological polar surface area (TPSA) is 77.4 Å². The lowest BCUT2D eigenvalue weighted by Gasteiger charge is -2.28. The van der Waals surface area contributed by atoms with Gasteiger partial charge in [-0.3, -0.25) is 18.5 Å². The maximum Gasteiger partial charge on any atom is 0.332 e. The summed E-state index contributed by atoms with van der Waals surface area (Å²) in [6, 6.07) is -0.105. The molecule has 128 valence electrons. The van der Waals surface area contributed by atoms with Crippen molar-refractivity contribution in [2.24, 2.45) is 12.1 Å². The first-order valence-corrected chi connectivity index (χ1v) is 8.07. The summed E-state index contributed by atoms with van der Waals surface area (Å²) < 4.78 is 4.59. The van der Waals surface area contributed by atoms with Crippen LogP contribution in [-0.2, 0) is 13.6 Å². The van der Waals surface area contributed by atoms with Crippen LogP contribution in [0.2, 0.25) is 0 Å². The van der Waals surface area contributed by atoms with Crippen molar-refractivity contribution in [3.05, 3.63) is 33.5 Å². The van der Waals surface area contributed by atoms with Gasteiger partial charge in [-0.1, -0.05) is 13.0 Å². The van der Waals surface area contributed by atoms with Gasteiger partial charge in [-0.05, 0) is 20.3 Å². The van der Waals surface area contributed by atoms with Gasteiger partial charge in [-0.15, -0.1) is 6.58 Å². The molecule has 1 atom stereocenters. The van der Waals surface area contributed by atoms with Gasteiger partial charge >= 0.3 is 5.69 Å². The van der Waals surface area contributed by atoms with Crippen LogP contribution in [0, 0.1) is 0 Å². The minimum atomic E-state index is -0.342. The molecule has 0 amide bonds. The predicted octanol–water partition coefficient (Wildman–Crippen LogP) is 1.25. The summed E-state index contributed by atoms with van der Waals surface area (Å²) in [5.74, 6) is 0.560. The van der Waals surface area contributed by atoms with E-state index in [-0.39, 0.29) is 17.3 Å². The average molecular weight is 330 g/mol. The SMILES string of the molecule is C=CCN1N=C(C)[C@@H](C)n2c1nc1c2c(=O)n(CCC)c(=O)n1C. The highest BCUT2D eigenvalue weighted by Gasteiger charge is 2.29. The van der Waals surface area contributed by atoms with Crippen LogP contribution in [0.1, 0.15) is 33.2 Å². The van der Waals surface area contributed by atoms with Crippen molar-refractivity contribution in [1.82, 2.24) is 18.7 Å². The molecule has 0 spiro atoms. The number of aryl methyl sites for hydroxylation is 1. The first-order valence-electron chi connectivity index (χ1n) is 8.07. The fourth-order valence-corrected chi connectivity index (χ4v) is 3.05. The standard InChI is InChI=1S/C16H22N6O2/c1-6-8-20-14(23)12-13(19(5)16(20)24)17-15-21(9-7-2)18-10(3)11(4)22(12)15/h7,11H,2,6,8-9H2,1,3-5H3/t11-/m1/s1. The quantitative estimate of drug-likeness (QED) is 0.791. The van der Waals surface area contributed by atoms with Gasteiger partial charge in [0, 0.05) is 13.6 Å². The van der Waals surface area contributed by atoms with Crippen LogP contribution in [0.15, 0.2) is 27.3 Å². The van der Waals surface area contributed by atoms with E-state index in [1.54, 1.807) is 18.1 Å². The molecule has 1 aliphatic rings. The molecule has 0 saturated carbocycles. The highest BCUT2D eigenvalue weighted by atomic mass is 16.2. The molecule has 8 nitrogen and oxygen atoms in total. The zero-order valence-electron chi connectivity index (χ0n) is 14.5. The summed E-state index contributed by atoms with van der Waals surface area (Å²) in [5, 5.41) is 6.23. The Morgan fingerprint density at radius 3 is 2.67 bits per heavy atom. The van der Waals surface area contributed by atoms with E-state index in [9.17, 15) is 9.59 Å². The molecule has 0 fully saturated rings. The fraction of sp³-hybridized carbons (Fsp3) is 0.500. The number of imidazole rings is 1. The minimum absolute atomic E-state index is 0.105. The predicted molar refractivity (Wildman–Crippen MR) is 94.9 cm³/mol. The van der Waals surface area contributed by atoms with Crippen molar-refractivity contribution < 1.29 is 0 Å². The molecule has 0 unspecified atom stereocenters. The van der Waals surface area contributed by atoms with Crippen molar-refractivity contribution >= 4 is 22.8 Å². The Morgan fingerprint density at radius 1 is 1.33 bits per heavy atom. The molecular weight excluding hydrogens is 308 g/mol. The fourth-order valence-electron chi connectivity index (χ4n) is 3.05. The Morgan fingerprint density at radius 2 is 2.04 bits per heavy atom. The Bertz CT molecular complexity index is 962. The van der Waals surface area contributed by atoms with E-state index in [4.69, 9.17) is 0 Å². The molecule has 0 radical (unpaired) electrons. The lowest BCUT2D eigenvalue weighted by atomic mass is 10.2. The average Bonchev–Trinajstić information content (AvgIpc) is 2.96. The van der Waals surface area contributed by atoms with Gasteiger partial charge in [0.1, 0.15) is 0 Å². The number of nitrogens with zero attached hydrogens (tertiary/aromatic N) is 6. The number of hydrogen-bond acceptors (Lipinski definition) is 5. The zero-order valence-corrected chi connectivity index (χ0v) is 14.5. The third-order valence-electron chi connectivity index (χ3n) is 4.41. The highest BCUT2D eigenvalue weighted by molar-refractivity contribution is 5.91. The summed E-state index contributed by atoms with van der Waals surface area (Å²) in [5.41, 5.74) is 1.06. The molecule has 0 aliphatic carbocycles. The third kappa shape index (κ3) is 2.13. The summed E-state index contributed by atoms with van der Waals surface area (Å²) in [7, 11) is 1.64. The lowest BCUT2D eigenvalue weighted by Crippen LogP contribution is -2.40. The Balaban J connectivity index is 2.43. The Labute approximate surface area is 139 Å². The number of fused-ring (bicyclic) bond motifs is 3. The number of hydrazone groups is 1. The van der Waals surface area contributed by atoms with E-state index in [0.29, 0.717) is 36.6 Å². The monoisotopic (exact) mass is 330 g/mol. The first-order chi connectivity index (χ1) is 11.4. The van der Waals surface area contributed by atoms with Crippen molar-refractivity contribution in [3.8, 4) is 0 Å². The van der Waals surface area contributed by atoms with Gasteiger partial charge in [0.2, 0.25) is 5.95 Å². The van der Waals surface area contributed by atoms with Gasteiger partial charge in [-0.2, -0.15) is 10.1 Å². The van der Waals surface area contributed by atoms with Gasteiger partial charge in [0.15, 0.2) is 11.2 Å². The van der Waals surface area contributed by atoms with E-state index in [2.05, 4.69) is 16.7 Å². The van der Waals surface area contributed by atoms with Crippen molar-refractivity contribution in [2.45, 2.75) is 39.8 Å². The second-order valence-corrected chi connectivity index (χ2v) is 6.04. The van der Waals surface area contributed by atoms with Crippen LogP contribution in [-0.4, -0.2) is 30.9 Å². The third-order valence-corrected chi connectivity index (χ3v) is 4.41. The first kappa shape index (κ1) is 16.2. The number of aromatic nitrogens is 4. The van der Waals surface area contributed by atoms with E-state index < -0.39 is 0 Å². The van der Waals surface area contributed by atoms with Gasteiger partial charge < -0.3 is 0 Å². The number of anilines is 1. The molecule has 0 aromatic carbocycles. The van der Waals surface area contributed by atoms with Gasteiger partial charge in [-0.25, -0.2) is 9.80 Å². The van der Waals surface area contributed by atoms with Crippen LogP contribution < -0.4 is 16.3 Å². The normalized spacial score (nSPS) is 17.1. The lowest BCUT2D eigenvalue weighted by molar-refractivity contribution is 0.587. The van der Waals surface area contributed by atoms with E-state index in [1.165, 1.54) is 9.13 Å². The molecule has 8 heteroatoms. The van der Waals surface area contributed by atoms with E-state index in [0.717, 1.165) is 5.71 Å². The number of hydrogen-bond donors (Lipinski definition) is 0. The van der Waals surface area contributed by atoms with Crippen LogP contribution in [0.5, 0.6) is 0 Å².